The van der Waals surface area contributed by atoms with Crippen LogP contribution < -0.4 is 10.5 Å². The first-order valence-corrected chi connectivity index (χ1v) is 7.74. The molecule has 0 radical (unpaired) electrons. The number of hydrogen-bond acceptors (Lipinski definition) is 6. The van der Waals surface area contributed by atoms with Gasteiger partial charge in [0.2, 0.25) is 5.96 Å². The summed E-state index contributed by atoms with van der Waals surface area (Å²) in [4.78, 5) is 5.26. The molecule has 3 N–H and O–H groups in total. The molecule has 0 fully saturated rings. The number of nitrogens with two attached hydrogens (primary N) is 1. The zero-order valence-electron chi connectivity index (χ0n) is 14.4. The maximum atomic E-state index is 10.8. The summed E-state index contributed by atoms with van der Waals surface area (Å²) >= 11 is 0. The number of ether oxygens (including phenoxy) is 2. The Labute approximate surface area is 146 Å². The molecule has 1 aliphatic heterocycles. The van der Waals surface area contributed by atoms with E-state index in [4.69, 9.17) is 20.5 Å². The van der Waals surface area contributed by atoms with E-state index < -0.39 is 17.7 Å². The second-order valence-corrected chi connectivity index (χ2v) is 6.16. The highest BCUT2D eigenvalue weighted by Gasteiger charge is 2.46. The van der Waals surface area contributed by atoms with Crippen LogP contribution in [0.2, 0.25) is 0 Å². The molecule has 2 atom stereocenters. The average Bonchev–Trinajstić information content (AvgIpc) is 2.58. The standard InChI is InChI=1S/C17H21N5O3/c1-17(2)15(23)14(22(10-19)16(20)21-6-7-24-3)12-8-11(9-18)4-5-13(12)25-17/h4-5,8,14-15,23H,6-7H2,1-3H3,(H2,20,21)/t14-,15+/m1/s1. The van der Waals surface area contributed by atoms with Crippen molar-refractivity contribution in [1.29, 1.82) is 10.5 Å². The van der Waals surface area contributed by atoms with E-state index in [-0.39, 0.29) is 12.5 Å². The Morgan fingerprint density at radius 3 is 2.80 bits per heavy atom. The highest BCUT2D eigenvalue weighted by Crippen LogP contribution is 2.43. The molecule has 0 amide bonds. The van der Waals surface area contributed by atoms with E-state index in [9.17, 15) is 10.4 Å². The predicted octanol–water partition coefficient (Wildman–Crippen LogP) is 0.875. The number of aliphatic hydroxyl groups is 1. The number of benzene rings is 1. The number of nitrogens with zero attached hydrogens (tertiary/aromatic N) is 4. The lowest BCUT2D eigenvalue weighted by Gasteiger charge is -2.44. The summed E-state index contributed by atoms with van der Waals surface area (Å²) in [6, 6.07) is 6.09. The van der Waals surface area contributed by atoms with E-state index in [1.54, 1.807) is 32.0 Å². The van der Waals surface area contributed by atoms with E-state index in [2.05, 4.69) is 4.99 Å². The molecule has 1 aromatic carbocycles. The molecule has 0 saturated heterocycles. The Morgan fingerprint density at radius 1 is 1.48 bits per heavy atom. The van der Waals surface area contributed by atoms with Crippen molar-refractivity contribution in [2.24, 2.45) is 10.7 Å². The van der Waals surface area contributed by atoms with Crippen molar-refractivity contribution < 1.29 is 14.6 Å². The van der Waals surface area contributed by atoms with Gasteiger partial charge < -0.3 is 20.3 Å². The second-order valence-electron chi connectivity index (χ2n) is 6.16. The molecule has 132 valence electrons. The number of rotatable bonds is 4. The predicted molar refractivity (Wildman–Crippen MR) is 90.4 cm³/mol. The van der Waals surface area contributed by atoms with Crippen LogP contribution in [0.25, 0.3) is 0 Å². The van der Waals surface area contributed by atoms with Crippen LogP contribution in [0.15, 0.2) is 23.2 Å². The van der Waals surface area contributed by atoms with Gasteiger partial charge in [0.05, 0.1) is 24.8 Å². The molecule has 0 unspecified atom stereocenters. The van der Waals surface area contributed by atoms with Gasteiger partial charge in [-0.3, -0.25) is 4.99 Å². The van der Waals surface area contributed by atoms with Crippen LogP contribution in [0.5, 0.6) is 5.75 Å². The lowest BCUT2D eigenvalue weighted by molar-refractivity contribution is -0.0751. The SMILES string of the molecule is COCCN=C(N)N(C#N)[C@@H]1c2cc(C#N)ccc2OC(C)(C)[C@H]1O. The summed E-state index contributed by atoms with van der Waals surface area (Å²) in [5.74, 6) is 0.457. The summed E-state index contributed by atoms with van der Waals surface area (Å²) < 4.78 is 10.8. The van der Waals surface area contributed by atoms with Crippen LogP contribution in [0.4, 0.5) is 0 Å². The second kappa shape index (κ2) is 7.39. The van der Waals surface area contributed by atoms with Gasteiger partial charge in [-0.2, -0.15) is 10.5 Å². The first-order valence-electron chi connectivity index (χ1n) is 7.74. The molecule has 1 aromatic rings. The zero-order valence-corrected chi connectivity index (χ0v) is 14.4. The molecule has 1 heterocycles. The Balaban J connectivity index is 2.51. The molecular formula is C17H21N5O3. The summed E-state index contributed by atoms with van der Waals surface area (Å²) in [5.41, 5.74) is 5.92. The fourth-order valence-electron chi connectivity index (χ4n) is 2.70. The average molecular weight is 343 g/mol. The third kappa shape index (κ3) is 3.66. The van der Waals surface area contributed by atoms with Crippen LogP contribution >= 0.6 is 0 Å². The molecular weight excluding hydrogens is 322 g/mol. The molecule has 0 spiro atoms. The van der Waals surface area contributed by atoms with E-state index in [0.717, 1.165) is 4.90 Å². The highest BCUT2D eigenvalue weighted by molar-refractivity contribution is 5.80. The molecule has 1 aliphatic rings. The summed E-state index contributed by atoms with van der Waals surface area (Å²) in [7, 11) is 1.54. The van der Waals surface area contributed by atoms with Crippen LogP contribution in [0.1, 0.15) is 31.0 Å². The Hall–Kier alpha value is -2.81. The van der Waals surface area contributed by atoms with Crippen molar-refractivity contribution in [2.75, 3.05) is 20.3 Å². The van der Waals surface area contributed by atoms with Gasteiger partial charge in [0, 0.05) is 12.7 Å². The number of guanidine groups is 1. The Morgan fingerprint density at radius 2 is 2.20 bits per heavy atom. The minimum Gasteiger partial charge on any atom is -0.485 e. The zero-order chi connectivity index (χ0) is 18.6. The molecule has 0 aliphatic carbocycles. The van der Waals surface area contributed by atoms with E-state index in [1.165, 1.54) is 7.11 Å². The van der Waals surface area contributed by atoms with Crippen molar-refractivity contribution in [1.82, 2.24) is 4.90 Å². The van der Waals surface area contributed by atoms with Gasteiger partial charge in [-0.1, -0.05) is 0 Å². The molecule has 8 heteroatoms. The van der Waals surface area contributed by atoms with E-state index >= 15 is 0 Å². The van der Waals surface area contributed by atoms with Gasteiger partial charge in [0.1, 0.15) is 23.5 Å². The smallest absolute Gasteiger partial charge is 0.205 e. The number of nitriles is 2. The first-order chi connectivity index (χ1) is 11.9. The summed E-state index contributed by atoms with van der Waals surface area (Å²) in [5, 5.41) is 29.6. The molecule has 25 heavy (non-hydrogen) atoms. The molecule has 0 saturated carbocycles. The van der Waals surface area contributed by atoms with Crippen molar-refractivity contribution in [3.05, 3.63) is 29.3 Å². The minimum atomic E-state index is -1.07. The van der Waals surface area contributed by atoms with Gasteiger partial charge in [0.25, 0.3) is 0 Å². The Bertz CT molecular complexity index is 748. The summed E-state index contributed by atoms with van der Waals surface area (Å²) in [6.45, 7) is 4.09. The molecule has 0 bridgehead atoms. The van der Waals surface area contributed by atoms with Gasteiger partial charge in [-0.05, 0) is 32.0 Å². The van der Waals surface area contributed by atoms with Crippen molar-refractivity contribution in [2.45, 2.75) is 31.6 Å². The normalized spacial score (nSPS) is 21.4. The van der Waals surface area contributed by atoms with Gasteiger partial charge in [0.15, 0.2) is 6.19 Å². The van der Waals surface area contributed by atoms with E-state index in [1.807, 2.05) is 12.3 Å². The third-order valence-corrected chi connectivity index (χ3v) is 4.04. The maximum Gasteiger partial charge on any atom is 0.205 e. The maximum absolute atomic E-state index is 10.8. The minimum absolute atomic E-state index is 0.0328. The molecule has 0 aromatic heterocycles. The largest absolute Gasteiger partial charge is 0.485 e. The quantitative estimate of drug-likeness (QED) is 0.273. The lowest BCUT2D eigenvalue weighted by atomic mass is 9.85. The number of hydrogen-bond donors (Lipinski definition) is 2. The number of aliphatic imine (C=N–C) groups is 1. The van der Waals surface area contributed by atoms with E-state index in [0.29, 0.717) is 23.5 Å². The number of fused-ring (bicyclic) bond motifs is 1. The fourth-order valence-corrected chi connectivity index (χ4v) is 2.70. The van der Waals surface area contributed by atoms with Crippen molar-refractivity contribution in [3.8, 4) is 18.0 Å². The monoisotopic (exact) mass is 343 g/mol. The number of methoxy groups -OCH3 is 1. The lowest BCUT2D eigenvalue weighted by Crippen LogP contribution is -2.54. The van der Waals surface area contributed by atoms with Gasteiger partial charge >= 0.3 is 0 Å². The van der Waals surface area contributed by atoms with Gasteiger partial charge in [-0.25, -0.2) is 4.90 Å². The van der Waals surface area contributed by atoms with Crippen LogP contribution in [-0.2, 0) is 4.74 Å². The summed E-state index contributed by atoms with van der Waals surface area (Å²) in [6.07, 6.45) is 0.918. The fraction of sp³-hybridized carbons (Fsp3) is 0.471. The Kier molecular flexibility index (Phi) is 5.48. The van der Waals surface area contributed by atoms with Crippen molar-refractivity contribution >= 4 is 5.96 Å². The van der Waals surface area contributed by atoms with Gasteiger partial charge in [-0.15, -0.1) is 0 Å². The van der Waals surface area contributed by atoms with Crippen LogP contribution in [0, 0.1) is 22.8 Å². The number of aliphatic hydroxyl groups excluding tert-OH is 1. The highest BCUT2D eigenvalue weighted by atomic mass is 16.5. The topological polar surface area (TPSA) is 128 Å². The van der Waals surface area contributed by atoms with Crippen molar-refractivity contribution in [3.63, 3.8) is 0 Å². The molecule has 2 rings (SSSR count). The first kappa shape index (κ1) is 18.5. The van der Waals surface area contributed by atoms with Crippen LogP contribution in [-0.4, -0.2) is 47.9 Å². The molecule has 8 nitrogen and oxygen atoms in total. The van der Waals surface area contributed by atoms with Crippen LogP contribution in [0.3, 0.4) is 0 Å². The third-order valence-electron chi connectivity index (χ3n) is 4.04.